The van der Waals surface area contributed by atoms with Crippen LogP contribution in [0.1, 0.15) is 26.2 Å². The third-order valence-electron chi connectivity index (χ3n) is 3.17. The van der Waals surface area contributed by atoms with Gasteiger partial charge in [-0.15, -0.1) is 0 Å². The van der Waals surface area contributed by atoms with E-state index in [9.17, 15) is 4.79 Å². The van der Waals surface area contributed by atoms with Crippen molar-refractivity contribution in [2.75, 3.05) is 6.54 Å². The van der Waals surface area contributed by atoms with Gasteiger partial charge in [0.15, 0.2) is 0 Å². The molecule has 78 valence electrons. The lowest BCUT2D eigenvalue weighted by Crippen LogP contribution is -2.46. The van der Waals surface area contributed by atoms with E-state index in [1.807, 2.05) is 0 Å². The van der Waals surface area contributed by atoms with Gasteiger partial charge >= 0.3 is 0 Å². The molecule has 0 aromatic heterocycles. The number of nitrogens with one attached hydrogen (secondary N) is 2. The van der Waals surface area contributed by atoms with Crippen LogP contribution in [0.5, 0.6) is 0 Å². The predicted octanol–water partition coefficient (Wildman–Crippen LogP) is 0.819. The molecule has 0 saturated carbocycles. The maximum Gasteiger partial charge on any atom is 0.237 e. The Kier molecular flexibility index (Phi) is 2.87. The van der Waals surface area contributed by atoms with E-state index in [1.54, 1.807) is 0 Å². The first kappa shape index (κ1) is 9.71. The van der Waals surface area contributed by atoms with E-state index in [-0.39, 0.29) is 11.9 Å². The summed E-state index contributed by atoms with van der Waals surface area (Å²) in [5.41, 5.74) is 0. The highest BCUT2D eigenvalue weighted by Crippen LogP contribution is 2.16. The van der Waals surface area contributed by atoms with Crippen molar-refractivity contribution in [3.63, 3.8) is 0 Å². The first-order valence-electron chi connectivity index (χ1n) is 5.46. The fourth-order valence-corrected chi connectivity index (χ4v) is 2.21. The minimum atomic E-state index is 0.0376. The van der Waals surface area contributed by atoms with Gasteiger partial charge in [0.1, 0.15) is 0 Å². The number of hydrogen-bond acceptors (Lipinski definition) is 2. The van der Waals surface area contributed by atoms with Crippen LogP contribution in [0, 0.1) is 5.92 Å². The highest BCUT2D eigenvalue weighted by atomic mass is 16.2. The smallest absolute Gasteiger partial charge is 0.237 e. The third-order valence-corrected chi connectivity index (χ3v) is 3.17. The fraction of sp³-hybridized carbons (Fsp3) is 0.727. The van der Waals surface area contributed by atoms with Crippen LogP contribution in [-0.4, -0.2) is 24.5 Å². The molecule has 2 N–H and O–H groups in total. The summed E-state index contributed by atoms with van der Waals surface area (Å²) in [6.45, 7) is 3.11. The quantitative estimate of drug-likeness (QED) is 0.639. The zero-order chi connectivity index (χ0) is 9.97. The van der Waals surface area contributed by atoms with Crippen LogP contribution in [0.15, 0.2) is 12.2 Å². The van der Waals surface area contributed by atoms with Crippen LogP contribution in [0.4, 0.5) is 0 Å². The van der Waals surface area contributed by atoms with E-state index < -0.39 is 0 Å². The van der Waals surface area contributed by atoms with E-state index in [0.717, 1.165) is 25.8 Å². The van der Waals surface area contributed by atoms with Gasteiger partial charge < -0.3 is 10.6 Å². The van der Waals surface area contributed by atoms with Gasteiger partial charge in [-0.1, -0.05) is 19.1 Å². The molecule has 0 aromatic rings. The molecule has 14 heavy (non-hydrogen) atoms. The summed E-state index contributed by atoms with van der Waals surface area (Å²) in [7, 11) is 0. The second-order valence-corrected chi connectivity index (χ2v) is 4.35. The average Bonchev–Trinajstić information content (AvgIpc) is 2.75. The van der Waals surface area contributed by atoms with E-state index >= 15 is 0 Å². The third kappa shape index (κ3) is 1.98. The van der Waals surface area contributed by atoms with Gasteiger partial charge in [0.2, 0.25) is 5.91 Å². The number of hydrogen-bond donors (Lipinski definition) is 2. The summed E-state index contributed by atoms with van der Waals surface area (Å²) < 4.78 is 0. The van der Waals surface area contributed by atoms with Crippen molar-refractivity contribution in [3.8, 4) is 0 Å². The first-order chi connectivity index (χ1) is 6.77. The molecule has 1 heterocycles. The van der Waals surface area contributed by atoms with Crippen molar-refractivity contribution in [1.29, 1.82) is 0 Å². The lowest BCUT2D eigenvalue weighted by atomic mass is 10.0. The van der Waals surface area contributed by atoms with E-state index in [4.69, 9.17) is 0 Å². The molecule has 0 bridgehead atoms. The highest BCUT2D eigenvalue weighted by molar-refractivity contribution is 5.82. The highest BCUT2D eigenvalue weighted by Gasteiger charge is 2.30. The molecule has 2 unspecified atom stereocenters. The summed E-state index contributed by atoms with van der Waals surface area (Å²) >= 11 is 0. The molecule has 1 amide bonds. The molecule has 2 aliphatic rings. The van der Waals surface area contributed by atoms with Crippen LogP contribution in [0.2, 0.25) is 0 Å². The lowest BCUT2D eigenvalue weighted by molar-refractivity contribution is -0.124. The number of amides is 1. The maximum atomic E-state index is 11.8. The van der Waals surface area contributed by atoms with Crippen molar-refractivity contribution in [1.82, 2.24) is 10.6 Å². The predicted molar refractivity (Wildman–Crippen MR) is 55.9 cm³/mol. The topological polar surface area (TPSA) is 41.1 Å². The molecule has 1 fully saturated rings. The van der Waals surface area contributed by atoms with E-state index in [2.05, 4.69) is 29.7 Å². The second kappa shape index (κ2) is 4.13. The standard InChI is InChI=1S/C11H18N2O/c1-8-6-7-12-10(8)11(14)13-9-4-2-3-5-9/h2-3,8-10,12H,4-7H2,1H3,(H,13,14). The van der Waals surface area contributed by atoms with Gasteiger partial charge in [0.05, 0.1) is 6.04 Å². The van der Waals surface area contributed by atoms with Crippen molar-refractivity contribution in [3.05, 3.63) is 12.2 Å². The van der Waals surface area contributed by atoms with Crippen molar-refractivity contribution < 1.29 is 4.79 Å². The van der Waals surface area contributed by atoms with Gasteiger partial charge in [0, 0.05) is 6.04 Å². The van der Waals surface area contributed by atoms with Crippen LogP contribution >= 0.6 is 0 Å². The Bertz CT molecular complexity index is 242. The monoisotopic (exact) mass is 194 g/mol. The molecule has 0 spiro atoms. The van der Waals surface area contributed by atoms with Crippen molar-refractivity contribution in [2.24, 2.45) is 5.92 Å². The Morgan fingerprint density at radius 1 is 1.43 bits per heavy atom. The molecule has 1 aliphatic heterocycles. The van der Waals surface area contributed by atoms with Gasteiger partial charge in [-0.25, -0.2) is 0 Å². The summed E-state index contributed by atoms with van der Waals surface area (Å²) in [5.74, 6) is 0.660. The molecular weight excluding hydrogens is 176 g/mol. The summed E-state index contributed by atoms with van der Waals surface area (Å²) in [4.78, 5) is 11.8. The minimum Gasteiger partial charge on any atom is -0.351 e. The van der Waals surface area contributed by atoms with Crippen LogP contribution in [0.25, 0.3) is 0 Å². The molecule has 3 nitrogen and oxygen atoms in total. The maximum absolute atomic E-state index is 11.8. The molecule has 0 aromatic carbocycles. The van der Waals surface area contributed by atoms with Crippen molar-refractivity contribution >= 4 is 5.91 Å². The number of rotatable bonds is 2. The van der Waals surface area contributed by atoms with Gasteiger partial charge in [-0.3, -0.25) is 4.79 Å². The Balaban J connectivity index is 1.82. The van der Waals surface area contributed by atoms with Crippen molar-refractivity contribution in [2.45, 2.75) is 38.3 Å². The Labute approximate surface area is 84.9 Å². The SMILES string of the molecule is CC1CCNC1C(=O)NC1CC=CC1. The minimum absolute atomic E-state index is 0.0376. The lowest BCUT2D eigenvalue weighted by Gasteiger charge is -2.18. The molecule has 2 rings (SSSR count). The molecule has 1 saturated heterocycles. The normalized spacial score (nSPS) is 32.4. The van der Waals surface area contributed by atoms with E-state index in [1.165, 1.54) is 0 Å². The van der Waals surface area contributed by atoms with Gasteiger partial charge in [0.25, 0.3) is 0 Å². The number of carbonyl (C=O) groups excluding carboxylic acids is 1. The van der Waals surface area contributed by atoms with Crippen LogP contribution in [-0.2, 0) is 4.79 Å². The first-order valence-corrected chi connectivity index (χ1v) is 5.46. The summed E-state index contributed by atoms with van der Waals surface area (Å²) in [5, 5.41) is 6.33. The Morgan fingerprint density at radius 3 is 2.71 bits per heavy atom. The number of carbonyl (C=O) groups is 1. The molecule has 3 heteroatoms. The summed E-state index contributed by atoms with van der Waals surface area (Å²) in [6.07, 6.45) is 7.37. The van der Waals surface area contributed by atoms with Gasteiger partial charge in [-0.2, -0.15) is 0 Å². The van der Waals surface area contributed by atoms with Gasteiger partial charge in [-0.05, 0) is 31.7 Å². The second-order valence-electron chi connectivity index (χ2n) is 4.35. The summed E-state index contributed by atoms with van der Waals surface area (Å²) in [6, 6.07) is 0.382. The Hall–Kier alpha value is -0.830. The molecule has 2 atom stereocenters. The molecule has 1 aliphatic carbocycles. The van der Waals surface area contributed by atoms with E-state index in [0.29, 0.717) is 12.0 Å². The zero-order valence-corrected chi connectivity index (χ0v) is 8.62. The zero-order valence-electron chi connectivity index (χ0n) is 8.62. The molecular formula is C11H18N2O. The Morgan fingerprint density at radius 2 is 2.14 bits per heavy atom. The fourth-order valence-electron chi connectivity index (χ4n) is 2.21. The largest absolute Gasteiger partial charge is 0.351 e. The molecule has 0 radical (unpaired) electrons. The van der Waals surface area contributed by atoms with Crippen LogP contribution in [0.3, 0.4) is 0 Å². The van der Waals surface area contributed by atoms with Crippen LogP contribution < -0.4 is 10.6 Å². The average molecular weight is 194 g/mol.